The molecule has 3 heteroatoms. The first-order valence-electron chi connectivity index (χ1n) is 7.43. The summed E-state index contributed by atoms with van der Waals surface area (Å²) >= 11 is 0. The lowest BCUT2D eigenvalue weighted by molar-refractivity contribution is 0.363. The Labute approximate surface area is 127 Å². The lowest BCUT2D eigenvalue weighted by atomic mass is 10.1. The van der Waals surface area contributed by atoms with Gasteiger partial charge >= 0.3 is 0 Å². The first-order valence-corrected chi connectivity index (χ1v) is 7.43. The van der Waals surface area contributed by atoms with Crippen LogP contribution in [0.1, 0.15) is 25.2 Å². The molecule has 112 valence electrons. The summed E-state index contributed by atoms with van der Waals surface area (Å²) in [7, 11) is 2.03. The van der Waals surface area contributed by atoms with E-state index >= 15 is 0 Å². The lowest BCUT2D eigenvalue weighted by Crippen LogP contribution is -2.21. The third-order valence-corrected chi connectivity index (χ3v) is 3.41. The molecule has 1 N–H and O–H groups in total. The molecule has 21 heavy (non-hydrogen) atoms. The number of para-hydroxylation sites is 1. The van der Waals surface area contributed by atoms with Crippen molar-refractivity contribution < 1.29 is 4.42 Å². The molecule has 0 spiro atoms. The average molecular weight is 284 g/mol. The fourth-order valence-corrected chi connectivity index (χ4v) is 2.42. The zero-order chi connectivity index (χ0) is 15.2. The predicted molar refractivity (Wildman–Crippen MR) is 87.9 cm³/mol. The molecule has 1 heterocycles. The molecule has 0 bridgehead atoms. The number of nitrogens with zero attached hydrogens (tertiary/aromatic N) is 1. The SMILES string of the molecule is C#CCN(C)Cc1c(CNCC(C)C)oc2ccccc12. The Morgan fingerprint density at radius 2 is 2.10 bits per heavy atom. The van der Waals surface area contributed by atoms with Crippen molar-refractivity contribution in [3.8, 4) is 12.3 Å². The van der Waals surface area contributed by atoms with E-state index in [0.29, 0.717) is 12.5 Å². The number of rotatable bonds is 7. The van der Waals surface area contributed by atoms with Crippen LogP contribution < -0.4 is 5.32 Å². The Morgan fingerprint density at radius 1 is 1.33 bits per heavy atom. The van der Waals surface area contributed by atoms with Gasteiger partial charge in [0.05, 0.1) is 13.1 Å². The van der Waals surface area contributed by atoms with Crippen LogP contribution in [-0.4, -0.2) is 25.0 Å². The summed E-state index contributed by atoms with van der Waals surface area (Å²) in [6.07, 6.45) is 5.40. The summed E-state index contributed by atoms with van der Waals surface area (Å²) in [5.41, 5.74) is 2.18. The van der Waals surface area contributed by atoms with Crippen LogP contribution >= 0.6 is 0 Å². The molecule has 3 nitrogen and oxygen atoms in total. The average Bonchev–Trinajstić information content (AvgIpc) is 2.77. The number of benzene rings is 1. The van der Waals surface area contributed by atoms with Crippen LogP contribution in [0.5, 0.6) is 0 Å². The molecule has 1 aromatic carbocycles. The molecule has 0 radical (unpaired) electrons. The zero-order valence-electron chi connectivity index (χ0n) is 13.1. The van der Waals surface area contributed by atoms with Gasteiger partial charge in [-0.05, 0) is 25.6 Å². The summed E-state index contributed by atoms with van der Waals surface area (Å²) in [6, 6.07) is 8.19. The minimum absolute atomic E-state index is 0.627. The third-order valence-electron chi connectivity index (χ3n) is 3.41. The molecule has 0 amide bonds. The van der Waals surface area contributed by atoms with Gasteiger partial charge in [0.1, 0.15) is 11.3 Å². The van der Waals surface area contributed by atoms with Crippen molar-refractivity contribution in [2.24, 2.45) is 5.92 Å². The van der Waals surface area contributed by atoms with E-state index in [1.165, 1.54) is 10.9 Å². The maximum atomic E-state index is 6.02. The quantitative estimate of drug-likeness (QED) is 0.791. The summed E-state index contributed by atoms with van der Waals surface area (Å²) in [4.78, 5) is 2.13. The Kier molecular flexibility index (Phi) is 5.44. The van der Waals surface area contributed by atoms with Crippen LogP contribution in [0.3, 0.4) is 0 Å². The van der Waals surface area contributed by atoms with E-state index in [0.717, 1.165) is 31.0 Å². The molecular weight excluding hydrogens is 260 g/mol. The van der Waals surface area contributed by atoms with Gasteiger partial charge < -0.3 is 9.73 Å². The van der Waals surface area contributed by atoms with Gasteiger partial charge in [0.25, 0.3) is 0 Å². The fourth-order valence-electron chi connectivity index (χ4n) is 2.42. The van der Waals surface area contributed by atoms with Gasteiger partial charge in [0.2, 0.25) is 0 Å². The molecule has 1 aromatic heterocycles. The summed E-state index contributed by atoms with van der Waals surface area (Å²) < 4.78 is 6.02. The Balaban J connectivity index is 2.23. The van der Waals surface area contributed by atoms with Gasteiger partial charge in [-0.3, -0.25) is 4.90 Å². The first-order chi connectivity index (χ1) is 10.1. The van der Waals surface area contributed by atoms with Gasteiger partial charge in [-0.25, -0.2) is 0 Å². The predicted octanol–water partition coefficient (Wildman–Crippen LogP) is 3.24. The molecule has 0 aliphatic rings. The maximum Gasteiger partial charge on any atom is 0.134 e. The van der Waals surface area contributed by atoms with Crippen LogP contribution in [-0.2, 0) is 13.1 Å². The summed E-state index contributed by atoms with van der Waals surface area (Å²) in [5.74, 6) is 4.33. The molecule has 0 fully saturated rings. The van der Waals surface area contributed by atoms with Crippen LogP contribution in [0.15, 0.2) is 28.7 Å². The maximum absolute atomic E-state index is 6.02. The van der Waals surface area contributed by atoms with Gasteiger partial charge in [0, 0.05) is 17.5 Å². The zero-order valence-corrected chi connectivity index (χ0v) is 13.1. The second-order valence-corrected chi connectivity index (χ2v) is 5.90. The molecule has 0 aliphatic carbocycles. The summed E-state index contributed by atoms with van der Waals surface area (Å²) in [6.45, 7) is 7.58. The van der Waals surface area contributed by atoms with Crippen molar-refractivity contribution >= 4 is 11.0 Å². The second kappa shape index (κ2) is 7.31. The summed E-state index contributed by atoms with van der Waals surface area (Å²) in [5, 5.41) is 4.64. The number of nitrogens with one attached hydrogen (secondary N) is 1. The van der Waals surface area contributed by atoms with Crippen LogP contribution in [0.25, 0.3) is 11.0 Å². The molecule has 0 aliphatic heterocycles. The monoisotopic (exact) mass is 284 g/mol. The molecular formula is C18H24N2O. The fraction of sp³-hybridized carbons (Fsp3) is 0.444. The van der Waals surface area contributed by atoms with Gasteiger partial charge in [-0.1, -0.05) is 38.0 Å². The highest BCUT2D eigenvalue weighted by Crippen LogP contribution is 2.26. The number of terminal acetylenes is 1. The Hall–Kier alpha value is -1.76. The smallest absolute Gasteiger partial charge is 0.134 e. The van der Waals surface area contributed by atoms with E-state index in [1.807, 2.05) is 25.2 Å². The van der Waals surface area contributed by atoms with E-state index in [4.69, 9.17) is 10.8 Å². The minimum atomic E-state index is 0.627. The number of hydrogen-bond donors (Lipinski definition) is 1. The minimum Gasteiger partial charge on any atom is -0.459 e. The van der Waals surface area contributed by atoms with Crippen molar-refractivity contribution in [1.82, 2.24) is 10.2 Å². The van der Waals surface area contributed by atoms with E-state index in [2.05, 4.69) is 36.1 Å². The second-order valence-electron chi connectivity index (χ2n) is 5.90. The highest BCUT2D eigenvalue weighted by atomic mass is 16.3. The number of furan rings is 1. The lowest BCUT2D eigenvalue weighted by Gasteiger charge is -2.14. The third kappa shape index (κ3) is 4.10. The first kappa shape index (κ1) is 15.6. The van der Waals surface area contributed by atoms with Crippen molar-refractivity contribution in [2.45, 2.75) is 26.9 Å². The van der Waals surface area contributed by atoms with Crippen LogP contribution in [0.2, 0.25) is 0 Å². The molecule has 0 saturated heterocycles. The Morgan fingerprint density at radius 3 is 2.81 bits per heavy atom. The highest BCUT2D eigenvalue weighted by Gasteiger charge is 2.15. The number of hydrogen-bond acceptors (Lipinski definition) is 3. The van der Waals surface area contributed by atoms with E-state index in [1.54, 1.807) is 0 Å². The van der Waals surface area contributed by atoms with Crippen LogP contribution in [0.4, 0.5) is 0 Å². The number of fused-ring (bicyclic) bond motifs is 1. The van der Waals surface area contributed by atoms with Gasteiger partial charge in [-0.2, -0.15) is 0 Å². The van der Waals surface area contributed by atoms with Crippen molar-refractivity contribution in [2.75, 3.05) is 20.1 Å². The standard InChI is InChI=1S/C18H24N2O/c1-5-10-20(4)13-16-15-8-6-7-9-17(15)21-18(16)12-19-11-14(2)3/h1,6-9,14,19H,10-13H2,2-4H3. The van der Waals surface area contributed by atoms with Gasteiger partial charge in [-0.15, -0.1) is 6.42 Å². The van der Waals surface area contributed by atoms with E-state index in [-0.39, 0.29) is 0 Å². The molecule has 0 atom stereocenters. The van der Waals surface area contributed by atoms with Gasteiger partial charge in [0.15, 0.2) is 0 Å². The van der Waals surface area contributed by atoms with Crippen molar-refractivity contribution in [3.63, 3.8) is 0 Å². The van der Waals surface area contributed by atoms with Crippen molar-refractivity contribution in [1.29, 1.82) is 0 Å². The molecule has 0 unspecified atom stereocenters. The molecule has 2 aromatic rings. The van der Waals surface area contributed by atoms with E-state index in [9.17, 15) is 0 Å². The van der Waals surface area contributed by atoms with Crippen LogP contribution in [0, 0.1) is 18.3 Å². The molecule has 2 rings (SSSR count). The van der Waals surface area contributed by atoms with E-state index < -0.39 is 0 Å². The Bertz CT molecular complexity index is 622. The van der Waals surface area contributed by atoms with Crippen molar-refractivity contribution in [3.05, 3.63) is 35.6 Å². The normalized spacial score (nSPS) is 11.4. The highest BCUT2D eigenvalue weighted by molar-refractivity contribution is 5.82. The topological polar surface area (TPSA) is 28.4 Å². The largest absolute Gasteiger partial charge is 0.459 e. The molecule has 0 saturated carbocycles.